The Hall–Kier alpha value is -2.08. The van der Waals surface area contributed by atoms with Crippen LogP contribution in [0.5, 0.6) is 5.75 Å². The van der Waals surface area contributed by atoms with E-state index in [-0.39, 0.29) is 42.2 Å². The first-order chi connectivity index (χ1) is 13.5. The Morgan fingerprint density at radius 3 is 2.38 bits per heavy atom. The Morgan fingerprint density at radius 2 is 1.79 bits per heavy atom. The van der Waals surface area contributed by atoms with Gasteiger partial charge in [0.05, 0.1) is 19.7 Å². The summed E-state index contributed by atoms with van der Waals surface area (Å²) in [7, 11) is 1.65. The second-order valence-corrected chi connectivity index (χ2v) is 7.94. The largest absolute Gasteiger partial charge is 0.497 e. The second-order valence-electron chi connectivity index (χ2n) is 7.94. The van der Waals surface area contributed by atoms with Gasteiger partial charge in [0.15, 0.2) is 0 Å². The van der Waals surface area contributed by atoms with Gasteiger partial charge in [0, 0.05) is 25.0 Å². The van der Waals surface area contributed by atoms with Crippen LogP contribution < -0.4 is 15.8 Å². The van der Waals surface area contributed by atoms with Crippen molar-refractivity contribution in [2.24, 2.45) is 11.7 Å². The summed E-state index contributed by atoms with van der Waals surface area (Å²) in [5, 5.41) is 3.20. The molecule has 5 nitrogen and oxygen atoms in total. The smallest absolute Gasteiger partial charge is 0.234 e. The second kappa shape index (κ2) is 10.6. The first-order valence-electron chi connectivity index (χ1n) is 9.94. The molecule has 29 heavy (non-hydrogen) atoms. The van der Waals surface area contributed by atoms with Crippen LogP contribution in [0.15, 0.2) is 54.6 Å². The topological polar surface area (TPSA) is 67.6 Å². The van der Waals surface area contributed by atoms with Gasteiger partial charge in [0.2, 0.25) is 5.91 Å². The van der Waals surface area contributed by atoms with E-state index >= 15 is 0 Å². The molecule has 1 fully saturated rings. The van der Waals surface area contributed by atoms with Crippen LogP contribution in [-0.4, -0.2) is 43.6 Å². The Labute approximate surface area is 180 Å². The molecule has 158 valence electrons. The molecule has 0 saturated carbocycles. The minimum absolute atomic E-state index is 0. The molecule has 0 radical (unpaired) electrons. The van der Waals surface area contributed by atoms with Crippen LogP contribution in [0, 0.1) is 5.92 Å². The van der Waals surface area contributed by atoms with Crippen molar-refractivity contribution < 1.29 is 9.53 Å². The van der Waals surface area contributed by atoms with Crippen molar-refractivity contribution >= 4 is 18.3 Å². The van der Waals surface area contributed by atoms with Gasteiger partial charge >= 0.3 is 0 Å². The maximum atomic E-state index is 12.7. The highest BCUT2D eigenvalue weighted by Crippen LogP contribution is 2.27. The van der Waals surface area contributed by atoms with Gasteiger partial charge in [-0.15, -0.1) is 12.4 Å². The molecule has 1 unspecified atom stereocenters. The summed E-state index contributed by atoms with van der Waals surface area (Å²) in [6, 6.07) is 18.2. The van der Waals surface area contributed by atoms with Crippen molar-refractivity contribution in [3.8, 4) is 5.75 Å². The Balaban J connectivity index is 0.00000300. The molecule has 1 heterocycles. The predicted molar refractivity (Wildman–Crippen MR) is 120 cm³/mol. The third-order valence-electron chi connectivity index (χ3n) is 5.49. The zero-order chi connectivity index (χ0) is 20.1. The van der Waals surface area contributed by atoms with E-state index < -0.39 is 0 Å². The van der Waals surface area contributed by atoms with Crippen LogP contribution in [0.25, 0.3) is 0 Å². The molecule has 2 aromatic rings. The van der Waals surface area contributed by atoms with E-state index in [0.717, 1.165) is 24.4 Å². The van der Waals surface area contributed by atoms with Gasteiger partial charge in [-0.25, -0.2) is 0 Å². The first-order valence-corrected chi connectivity index (χ1v) is 9.94. The van der Waals surface area contributed by atoms with Crippen LogP contribution in [0.1, 0.15) is 36.9 Å². The van der Waals surface area contributed by atoms with E-state index in [1.54, 1.807) is 7.11 Å². The summed E-state index contributed by atoms with van der Waals surface area (Å²) in [5.41, 5.74) is 8.69. The van der Waals surface area contributed by atoms with Crippen molar-refractivity contribution in [1.82, 2.24) is 10.2 Å². The summed E-state index contributed by atoms with van der Waals surface area (Å²) in [6.07, 6.45) is 0. The fourth-order valence-corrected chi connectivity index (χ4v) is 3.96. The fraction of sp³-hybridized carbons (Fsp3) is 0.435. The Bertz CT molecular complexity index is 767. The number of likely N-dealkylation sites (tertiary alicyclic amines) is 1. The third-order valence-corrected chi connectivity index (χ3v) is 5.49. The molecule has 1 aliphatic rings. The average molecular weight is 418 g/mol. The number of ether oxygens (including phenoxy) is 1. The van der Waals surface area contributed by atoms with E-state index in [2.05, 4.69) is 36.2 Å². The molecule has 6 heteroatoms. The molecular formula is C23H32ClN3O2. The van der Waals surface area contributed by atoms with Crippen molar-refractivity contribution in [3.63, 3.8) is 0 Å². The molecule has 0 aliphatic carbocycles. The molecule has 3 N–H and O–H groups in total. The summed E-state index contributed by atoms with van der Waals surface area (Å²) >= 11 is 0. The van der Waals surface area contributed by atoms with E-state index in [1.165, 1.54) is 5.56 Å². The lowest BCUT2D eigenvalue weighted by molar-refractivity contribution is -0.123. The van der Waals surface area contributed by atoms with Crippen LogP contribution in [0.3, 0.4) is 0 Å². The van der Waals surface area contributed by atoms with Crippen molar-refractivity contribution in [3.05, 3.63) is 65.7 Å². The van der Waals surface area contributed by atoms with Gasteiger partial charge in [-0.2, -0.15) is 0 Å². The molecule has 3 rings (SSSR count). The summed E-state index contributed by atoms with van der Waals surface area (Å²) in [4.78, 5) is 14.9. The predicted octanol–water partition coefficient (Wildman–Crippen LogP) is 3.36. The molecule has 1 amide bonds. The fourth-order valence-electron chi connectivity index (χ4n) is 3.96. The van der Waals surface area contributed by atoms with E-state index in [0.29, 0.717) is 6.54 Å². The van der Waals surface area contributed by atoms with Gasteiger partial charge < -0.3 is 15.8 Å². The Morgan fingerprint density at radius 1 is 1.14 bits per heavy atom. The number of amides is 1. The number of hydrogen-bond donors (Lipinski definition) is 2. The van der Waals surface area contributed by atoms with Crippen molar-refractivity contribution in [2.75, 3.05) is 26.7 Å². The molecule has 0 aromatic heterocycles. The number of nitrogens with two attached hydrogens (primary N) is 1. The molecule has 1 aliphatic heterocycles. The van der Waals surface area contributed by atoms with E-state index in [4.69, 9.17) is 10.5 Å². The van der Waals surface area contributed by atoms with Crippen LogP contribution in [-0.2, 0) is 4.79 Å². The third kappa shape index (κ3) is 5.95. The van der Waals surface area contributed by atoms with Gasteiger partial charge in [-0.05, 0) is 29.2 Å². The quantitative estimate of drug-likeness (QED) is 0.724. The highest BCUT2D eigenvalue weighted by atomic mass is 35.5. The normalized spacial score (nSPS) is 20.2. The molecule has 0 bridgehead atoms. The average Bonchev–Trinajstić information content (AvgIpc) is 3.06. The lowest BCUT2D eigenvalue weighted by Crippen LogP contribution is -2.40. The number of benzene rings is 2. The number of hydrogen-bond acceptors (Lipinski definition) is 4. The number of carbonyl (C=O) groups is 1. The zero-order valence-electron chi connectivity index (χ0n) is 17.4. The zero-order valence-corrected chi connectivity index (χ0v) is 18.2. The number of rotatable bonds is 7. The van der Waals surface area contributed by atoms with E-state index in [1.807, 2.05) is 42.5 Å². The lowest BCUT2D eigenvalue weighted by Gasteiger charge is -2.25. The highest BCUT2D eigenvalue weighted by Gasteiger charge is 2.32. The number of halogens is 1. The molecule has 3 atom stereocenters. The van der Waals surface area contributed by atoms with E-state index in [9.17, 15) is 4.79 Å². The first kappa shape index (κ1) is 23.2. The lowest BCUT2D eigenvalue weighted by atomic mass is 9.95. The summed E-state index contributed by atoms with van der Waals surface area (Å²) in [5.74, 6) is 1.41. The summed E-state index contributed by atoms with van der Waals surface area (Å²) in [6.45, 7) is 6.16. The number of methoxy groups -OCH3 is 1. The van der Waals surface area contributed by atoms with Crippen LogP contribution in [0.2, 0.25) is 0 Å². The molecule has 0 spiro atoms. The van der Waals surface area contributed by atoms with Gasteiger partial charge in [0.25, 0.3) is 0 Å². The molecular weight excluding hydrogens is 386 g/mol. The van der Waals surface area contributed by atoms with Crippen LogP contribution >= 0.6 is 12.4 Å². The van der Waals surface area contributed by atoms with Gasteiger partial charge in [-0.3, -0.25) is 9.69 Å². The van der Waals surface area contributed by atoms with Crippen molar-refractivity contribution in [2.45, 2.75) is 31.8 Å². The van der Waals surface area contributed by atoms with Crippen LogP contribution in [0.4, 0.5) is 0 Å². The standard InChI is InChI=1S/C23H31N3O2.ClH/c1-16(2)23(18-9-11-19(28-3)12-10-18)25-22(27)15-26-13-20(21(24)14-26)17-7-5-4-6-8-17;/h4-12,16,20-21,23H,13-15,24H2,1-3H3,(H,25,27);1H/t20-,21+,23?;/m0./s1. The maximum absolute atomic E-state index is 12.7. The molecule has 1 saturated heterocycles. The Kier molecular flexibility index (Phi) is 8.50. The van der Waals surface area contributed by atoms with Gasteiger partial charge in [0.1, 0.15) is 5.75 Å². The monoisotopic (exact) mass is 417 g/mol. The minimum atomic E-state index is -0.0281. The number of carbonyl (C=O) groups excluding carboxylic acids is 1. The summed E-state index contributed by atoms with van der Waals surface area (Å²) < 4.78 is 5.23. The highest BCUT2D eigenvalue weighted by molar-refractivity contribution is 5.85. The number of nitrogens with zero attached hydrogens (tertiary/aromatic N) is 1. The van der Waals surface area contributed by atoms with Crippen molar-refractivity contribution in [1.29, 1.82) is 0 Å². The SMILES string of the molecule is COc1ccc(C(NC(=O)CN2C[C@@H](N)[C@H](c3ccccc3)C2)C(C)C)cc1.Cl. The maximum Gasteiger partial charge on any atom is 0.234 e. The molecule has 2 aromatic carbocycles. The minimum Gasteiger partial charge on any atom is -0.497 e. The van der Waals surface area contributed by atoms with Gasteiger partial charge in [-0.1, -0.05) is 56.3 Å². The number of nitrogens with one attached hydrogen (secondary N) is 1.